The lowest BCUT2D eigenvalue weighted by molar-refractivity contribution is -0.129. The molecule has 0 aliphatic carbocycles. The zero-order valence-electron chi connectivity index (χ0n) is 15.2. The first kappa shape index (κ1) is 18.2. The van der Waals surface area contributed by atoms with Gasteiger partial charge in [0.05, 0.1) is 17.7 Å². The SMILES string of the molecule is COc1cc(C)c(/C=C2/N=C(c3ccccc3Cl)OC2=O)cc1C(C)C. The van der Waals surface area contributed by atoms with Crippen LogP contribution in [0.15, 0.2) is 47.1 Å². The number of benzene rings is 2. The van der Waals surface area contributed by atoms with E-state index in [4.69, 9.17) is 21.1 Å². The van der Waals surface area contributed by atoms with E-state index in [-0.39, 0.29) is 11.6 Å². The number of hydrogen-bond donors (Lipinski definition) is 0. The summed E-state index contributed by atoms with van der Waals surface area (Å²) in [4.78, 5) is 16.6. The van der Waals surface area contributed by atoms with Gasteiger partial charge in [0.25, 0.3) is 0 Å². The third-order valence-corrected chi connectivity index (χ3v) is 4.59. The predicted octanol–water partition coefficient (Wildman–Crippen LogP) is 5.12. The van der Waals surface area contributed by atoms with E-state index in [1.54, 1.807) is 25.3 Å². The average molecular weight is 370 g/mol. The van der Waals surface area contributed by atoms with Crippen molar-refractivity contribution in [3.63, 3.8) is 0 Å². The molecule has 3 rings (SSSR count). The number of ether oxygens (including phenoxy) is 2. The van der Waals surface area contributed by atoms with Crippen LogP contribution in [0.3, 0.4) is 0 Å². The minimum absolute atomic E-state index is 0.224. The fraction of sp³-hybridized carbons (Fsp3) is 0.238. The van der Waals surface area contributed by atoms with E-state index in [1.165, 1.54) is 0 Å². The zero-order chi connectivity index (χ0) is 18.8. The average Bonchev–Trinajstić information content (AvgIpc) is 2.97. The van der Waals surface area contributed by atoms with E-state index >= 15 is 0 Å². The Labute approximate surface area is 158 Å². The number of methoxy groups -OCH3 is 1. The number of esters is 1. The van der Waals surface area contributed by atoms with Crippen LogP contribution in [0.2, 0.25) is 5.02 Å². The van der Waals surface area contributed by atoms with Crippen molar-refractivity contribution < 1.29 is 14.3 Å². The molecule has 5 heteroatoms. The van der Waals surface area contributed by atoms with Gasteiger partial charge in [0.2, 0.25) is 5.90 Å². The van der Waals surface area contributed by atoms with Crippen molar-refractivity contribution in [2.75, 3.05) is 7.11 Å². The van der Waals surface area contributed by atoms with Crippen LogP contribution in [0.25, 0.3) is 6.08 Å². The number of aryl methyl sites for hydroxylation is 1. The Balaban J connectivity index is 2.04. The topological polar surface area (TPSA) is 47.9 Å². The molecule has 26 heavy (non-hydrogen) atoms. The largest absolute Gasteiger partial charge is 0.496 e. The van der Waals surface area contributed by atoms with E-state index < -0.39 is 5.97 Å². The van der Waals surface area contributed by atoms with Crippen LogP contribution in [-0.2, 0) is 9.53 Å². The molecule has 2 aromatic carbocycles. The molecule has 1 heterocycles. The van der Waals surface area contributed by atoms with Gasteiger partial charge in [0.15, 0.2) is 5.70 Å². The second-order valence-electron chi connectivity index (χ2n) is 6.42. The first-order chi connectivity index (χ1) is 12.4. The van der Waals surface area contributed by atoms with Gasteiger partial charge in [0, 0.05) is 0 Å². The summed E-state index contributed by atoms with van der Waals surface area (Å²) >= 11 is 6.17. The first-order valence-electron chi connectivity index (χ1n) is 8.36. The third-order valence-electron chi connectivity index (χ3n) is 4.26. The van der Waals surface area contributed by atoms with E-state index in [0.717, 1.165) is 22.4 Å². The predicted molar refractivity (Wildman–Crippen MR) is 104 cm³/mol. The molecule has 2 aromatic rings. The summed E-state index contributed by atoms with van der Waals surface area (Å²) in [7, 11) is 1.66. The molecule has 0 saturated heterocycles. The summed E-state index contributed by atoms with van der Waals surface area (Å²) in [6, 6.07) is 11.1. The van der Waals surface area contributed by atoms with Crippen molar-refractivity contribution in [3.05, 3.63) is 69.4 Å². The monoisotopic (exact) mass is 369 g/mol. The standard InChI is InChI=1S/C21H20ClNO3/c1-12(2)16-10-14(13(3)9-19(16)25-4)11-18-21(24)26-20(23-18)15-7-5-6-8-17(15)22/h5-12H,1-4H3/b18-11+. The highest BCUT2D eigenvalue weighted by atomic mass is 35.5. The summed E-state index contributed by atoms with van der Waals surface area (Å²) < 4.78 is 10.8. The zero-order valence-corrected chi connectivity index (χ0v) is 15.9. The van der Waals surface area contributed by atoms with Gasteiger partial charge in [-0.05, 0) is 59.9 Å². The maximum Gasteiger partial charge on any atom is 0.363 e. The van der Waals surface area contributed by atoms with E-state index in [0.29, 0.717) is 16.5 Å². The molecule has 1 aliphatic heterocycles. The number of nitrogens with zero attached hydrogens (tertiary/aromatic N) is 1. The molecular weight excluding hydrogens is 350 g/mol. The van der Waals surface area contributed by atoms with Crippen LogP contribution < -0.4 is 4.74 Å². The number of rotatable bonds is 4. The van der Waals surface area contributed by atoms with Gasteiger partial charge in [-0.25, -0.2) is 9.79 Å². The molecule has 0 N–H and O–H groups in total. The van der Waals surface area contributed by atoms with E-state index in [1.807, 2.05) is 31.2 Å². The molecule has 0 fully saturated rings. The van der Waals surface area contributed by atoms with Gasteiger partial charge >= 0.3 is 5.97 Å². The summed E-state index contributed by atoms with van der Waals surface area (Å²) in [5.41, 5.74) is 3.83. The van der Waals surface area contributed by atoms with Crippen LogP contribution >= 0.6 is 11.6 Å². The van der Waals surface area contributed by atoms with Crippen LogP contribution in [-0.4, -0.2) is 19.0 Å². The lowest BCUT2D eigenvalue weighted by atomic mass is 9.96. The number of hydrogen-bond acceptors (Lipinski definition) is 4. The Kier molecular flexibility index (Phi) is 5.14. The molecule has 0 bridgehead atoms. The number of carbonyl (C=O) groups excluding carboxylic acids is 1. The maximum atomic E-state index is 12.3. The normalized spacial score (nSPS) is 15.4. The van der Waals surface area contributed by atoms with E-state index in [2.05, 4.69) is 18.8 Å². The number of cyclic esters (lactones) is 1. The Hall–Kier alpha value is -2.59. The Morgan fingerprint density at radius 3 is 2.62 bits per heavy atom. The van der Waals surface area contributed by atoms with Gasteiger partial charge in [-0.1, -0.05) is 37.6 Å². The molecule has 0 atom stereocenters. The highest BCUT2D eigenvalue weighted by molar-refractivity contribution is 6.34. The lowest BCUT2D eigenvalue weighted by Crippen LogP contribution is -2.05. The van der Waals surface area contributed by atoms with E-state index in [9.17, 15) is 4.79 Å². The molecule has 0 aromatic heterocycles. The highest BCUT2D eigenvalue weighted by Gasteiger charge is 2.25. The Bertz CT molecular complexity index is 929. The van der Waals surface area contributed by atoms with Crippen molar-refractivity contribution in [2.24, 2.45) is 4.99 Å². The van der Waals surface area contributed by atoms with Gasteiger partial charge in [0.1, 0.15) is 5.75 Å². The number of aliphatic imine (C=N–C) groups is 1. The van der Waals surface area contributed by atoms with Crippen LogP contribution in [0, 0.1) is 6.92 Å². The van der Waals surface area contributed by atoms with Gasteiger partial charge in [-0.2, -0.15) is 0 Å². The molecule has 0 amide bonds. The molecule has 0 unspecified atom stereocenters. The summed E-state index contributed by atoms with van der Waals surface area (Å²) in [5, 5.41) is 0.489. The van der Waals surface area contributed by atoms with Crippen molar-refractivity contribution in [3.8, 4) is 5.75 Å². The van der Waals surface area contributed by atoms with Crippen LogP contribution in [0.4, 0.5) is 0 Å². The highest BCUT2D eigenvalue weighted by Crippen LogP contribution is 2.31. The lowest BCUT2D eigenvalue weighted by Gasteiger charge is -2.14. The van der Waals surface area contributed by atoms with Gasteiger partial charge in [-0.3, -0.25) is 0 Å². The number of halogens is 1. The minimum atomic E-state index is -0.485. The molecule has 1 aliphatic rings. The fourth-order valence-corrected chi connectivity index (χ4v) is 3.02. The quantitative estimate of drug-likeness (QED) is 0.554. The van der Waals surface area contributed by atoms with Crippen molar-refractivity contribution in [1.82, 2.24) is 0 Å². The second-order valence-corrected chi connectivity index (χ2v) is 6.83. The first-order valence-corrected chi connectivity index (χ1v) is 8.74. The third kappa shape index (κ3) is 3.51. The molecular formula is C21H20ClNO3. The Morgan fingerprint density at radius 2 is 1.96 bits per heavy atom. The molecule has 4 nitrogen and oxygen atoms in total. The molecule has 0 spiro atoms. The van der Waals surface area contributed by atoms with Crippen molar-refractivity contribution in [2.45, 2.75) is 26.7 Å². The molecule has 134 valence electrons. The van der Waals surface area contributed by atoms with Crippen molar-refractivity contribution >= 4 is 29.5 Å². The maximum absolute atomic E-state index is 12.3. The molecule has 0 radical (unpaired) electrons. The van der Waals surface area contributed by atoms with Crippen molar-refractivity contribution in [1.29, 1.82) is 0 Å². The second kappa shape index (κ2) is 7.34. The summed E-state index contributed by atoms with van der Waals surface area (Å²) in [6.45, 7) is 6.17. The van der Waals surface area contributed by atoms with Crippen LogP contribution in [0.1, 0.15) is 42.0 Å². The number of carbonyl (C=O) groups is 1. The molecule has 0 saturated carbocycles. The smallest absolute Gasteiger partial charge is 0.363 e. The Morgan fingerprint density at radius 1 is 1.23 bits per heavy atom. The minimum Gasteiger partial charge on any atom is -0.496 e. The van der Waals surface area contributed by atoms with Gasteiger partial charge < -0.3 is 9.47 Å². The summed E-state index contributed by atoms with van der Waals surface area (Å²) in [6.07, 6.45) is 1.74. The van der Waals surface area contributed by atoms with Gasteiger partial charge in [-0.15, -0.1) is 0 Å². The fourth-order valence-electron chi connectivity index (χ4n) is 2.81. The van der Waals surface area contributed by atoms with Crippen LogP contribution in [0.5, 0.6) is 5.75 Å². The summed E-state index contributed by atoms with van der Waals surface area (Å²) in [5.74, 6) is 0.873.